The van der Waals surface area contributed by atoms with Gasteiger partial charge in [-0.2, -0.15) is 13.9 Å². The Morgan fingerprint density at radius 3 is 2.46 bits per heavy atom. The average Bonchev–Trinajstić information content (AvgIpc) is 3.04. The van der Waals surface area contributed by atoms with Crippen LogP contribution in [0.5, 0.6) is 5.75 Å². The largest absolute Gasteiger partial charge is 0.435 e. The number of anilines is 1. The SMILES string of the molecule is O=C(Nc1cnn(Cc2ccc(F)cc2)c1)c1ccc(OC(F)F)cc1. The number of amides is 1. The van der Waals surface area contributed by atoms with Gasteiger partial charge in [0.05, 0.1) is 18.4 Å². The minimum atomic E-state index is -2.92. The molecule has 2 aromatic carbocycles. The standard InChI is InChI=1S/C18H14F3N3O2/c19-14-5-1-12(2-6-14)10-24-11-15(9-22-24)23-17(25)13-3-7-16(8-4-13)26-18(20)21/h1-9,11,18H,10H2,(H,23,25). The van der Waals surface area contributed by atoms with E-state index in [2.05, 4.69) is 15.2 Å². The fourth-order valence-electron chi connectivity index (χ4n) is 2.28. The van der Waals surface area contributed by atoms with E-state index in [9.17, 15) is 18.0 Å². The number of aromatic nitrogens is 2. The Labute approximate surface area is 147 Å². The van der Waals surface area contributed by atoms with E-state index in [0.29, 0.717) is 12.2 Å². The summed E-state index contributed by atoms with van der Waals surface area (Å²) in [4.78, 5) is 12.2. The van der Waals surface area contributed by atoms with Crippen molar-refractivity contribution in [2.75, 3.05) is 5.32 Å². The summed E-state index contributed by atoms with van der Waals surface area (Å²) in [5, 5.41) is 6.79. The van der Waals surface area contributed by atoms with Gasteiger partial charge >= 0.3 is 6.61 Å². The summed E-state index contributed by atoms with van der Waals surface area (Å²) < 4.78 is 43.0. The van der Waals surface area contributed by atoms with Crippen LogP contribution in [-0.4, -0.2) is 22.3 Å². The van der Waals surface area contributed by atoms with E-state index >= 15 is 0 Å². The highest BCUT2D eigenvalue weighted by Gasteiger charge is 2.09. The van der Waals surface area contributed by atoms with Gasteiger partial charge in [0.25, 0.3) is 5.91 Å². The first-order chi connectivity index (χ1) is 12.5. The zero-order valence-corrected chi connectivity index (χ0v) is 13.4. The fourth-order valence-corrected chi connectivity index (χ4v) is 2.28. The molecule has 0 aliphatic heterocycles. The van der Waals surface area contributed by atoms with Crippen molar-refractivity contribution in [2.45, 2.75) is 13.2 Å². The molecule has 3 aromatic rings. The number of ether oxygens (including phenoxy) is 1. The van der Waals surface area contributed by atoms with Crippen LogP contribution in [0.25, 0.3) is 0 Å². The molecule has 0 saturated carbocycles. The maximum Gasteiger partial charge on any atom is 0.387 e. The Bertz CT molecular complexity index is 877. The highest BCUT2D eigenvalue weighted by atomic mass is 19.3. The molecule has 5 nitrogen and oxygen atoms in total. The molecule has 0 spiro atoms. The van der Waals surface area contributed by atoms with E-state index in [1.807, 2.05) is 0 Å². The maximum absolute atomic E-state index is 12.9. The molecule has 0 radical (unpaired) electrons. The summed E-state index contributed by atoms with van der Waals surface area (Å²) in [5.74, 6) is -0.745. The van der Waals surface area contributed by atoms with Crippen molar-refractivity contribution in [2.24, 2.45) is 0 Å². The number of nitrogens with zero attached hydrogens (tertiary/aromatic N) is 2. The molecule has 1 aromatic heterocycles. The lowest BCUT2D eigenvalue weighted by molar-refractivity contribution is -0.0498. The van der Waals surface area contributed by atoms with Gasteiger partial charge in [-0.3, -0.25) is 9.48 Å². The normalized spacial score (nSPS) is 10.8. The fraction of sp³-hybridized carbons (Fsp3) is 0.111. The molecule has 0 aliphatic rings. The van der Waals surface area contributed by atoms with Crippen LogP contribution in [0.2, 0.25) is 0 Å². The van der Waals surface area contributed by atoms with Crippen LogP contribution in [-0.2, 0) is 6.54 Å². The molecule has 0 bridgehead atoms. The van der Waals surface area contributed by atoms with E-state index in [-0.39, 0.29) is 17.1 Å². The van der Waals surface area contributed by atoms with Crippen molar-refractivity contribution in [1.82, 2.24) is 9.78 Å². The number of nitrogens with one attached hydrogen (secondary N) is 1. The highest BCUT2D eigenvalue weighted by molar-refractivity contribution is 6.04. The quantitative estimate of drug-likeness (QED) is 0.724. The molecule has 3 rings (SSSR count). The van der Waals surface area contributed by atoms with Gasteiger partial charge in [0.15, 0.2) is 0 Å². The van der Waals surface area contributed by atoms with E-state index < -0.39 is 12.5 Å². The third kappa shape index (κ3) is 4.62. The number of rotatable bonds is 6. The smallest absolute Gasteiger partial charge is 0.387 e. The van der Waals surface area contributed by atoms with Gasteiger partial charge < -0.3 is 10.1 Å². The lowest BCUT2D eigenvalue weighted by Gasteiger charge is -2.06. The van der Waals surface area contributed by atoms with E-state index in [1.165, 1.54) is 42.6 Å². The Morgan fingerprint density at radius 1 is 1.12 bits per heavy atom. The van der Waals surface area contributed by atoms with Gasteiger partial charge in [-0.05, 0) is 42.0 Å². The van der Waals surface area contributed by atoms with Gasteiger partial charge in [-0.1, -0.05) is 12.1 Å². The summed E-state index contributed by atoms with van der Waals surface area (Å²) in [6.45, 7) is -2.49. The van der Waals surface area contributed by atoms with Crippen LogP contribution in [0, 0.1) is 5.82 Å². The maximum atomic E-state index is 12.9. The van der Waals surface area contributed by atoms with Crippen LogP contribution in [0.3, 0.4) is 0 Å². The van der Waals surface area contributed by atoms with Crippen molar-refractivity contribution >= 4 is 11.6 Å². The number of hydrogen-bond donors (Lipinski definition) is 1. The molecule has 0 saturated heterocycles. The predicted molar refractivity (Wildman–Crippen MR) is 88.8 cm³/mol. The van der Waals surface area contributed by atoms with Crippen molar-refractivity contribution in [3.63, 3.8) is 0 Å². The molecule has 0 fully saturated rings. The number of carbonyl (C=O) groups is 1. The van der Waals surface area contributed by atoms with Gasteiger partial charge in [-0.25, -0.2) is 4.39 Å². The first-order valence-corrected chi connectivity index (χ1v) is 7.63. The molecule has 1 amide bonds. The van der Waals surface area contributed by atoms with Gasteiger partial charge in [0, 0.05) is 11.8 Å². The van der Waals surface area contributed by atoms with E-state index in [1.54, 1.807) is 23.0 Å². The van der Waals surface area contributed by atoms with Crippen molar-refractivity contribution < 1.29 is 22.7 Å². The summed E-state index contributed by atoms with van der Waals surface area (Å²) in [6.07, 6.45) is 3.12. The Kier molecular flexibility index (Phi) is 5.21. The second-order valence-electron chi connectivity index (χ2n) is 5.41. The lowest BCUT2D eigenvalue weighted by Crippen LogP contribution is -2.11. The first-order valence-electron chi connectivity index (χ1n) is 7.63. The van der Waals surface area contributed by atoms with Crippen LogP contribution in [0.4, 0.5) is 18.9 Å². The minimum Gasteiger partial charge on any atom is -0.435 e. The predicted octanol–water partition coefficient (Wildman–Crippen LogP) is 3.92. The van der Waals surface area contributed by atoms with Crippen molar-refractivity contribution in [3.8, 4) is 5.75 Å². The monoisotopic (exact) mass is 361 g/mol. The number of alkyl halides is 2. The molecule has 26 heavy (non-hydrogen) atoms. The van der Waals surface area contributed by atoms with Gasteiger partial charge in [0.2, 0.25) is 0 Å². The third-order valence-corrected chi connectivity index (χ3v) is 3.49. The lowest BCUT2D eigenvalue weighted by atomic mass is 10.2. The molecule has 134 valence electrons. The molecular formula is C18H14F3N3O2. The van der Waals surface area contributed by atoms with Crippen molar-refractivity contribution in [3.05, 3.63) is 77.9 Å². The minimum absolute atomic E-state index is 0.0244. The van der Waals surface area contributed by atoms with Crippen LogP contribution >= 0.6 is 0 Å². The first kappa shape index (κ1) is 17.5. The molecule has 0 atom stereocenters. The van der Waals surface area contributed by atoms with Crippen LogP contribution in [0.15, 0.2) is 60.9 Å². The number of benzene rings is 2. The Balaban J connectivity index is 1.61. The second kappa shape index (κ2) is 7.73. The van der Waals surface area contributed by atoms with Crippen molar-refractivity contribution in [1.29, 1.82) is 0 Å². The molecule has 0 unspecified atom stereocenters. The zero-order chi connectivity index (χ0) is 18.5. The van der Waals surface area contributed by atoms with Crippen LogP contribution < -0.4 is 10.1 Å². The van der Waals surface area contributed by atoms with E-state index in [4.69, 9.17) is 0 Å². The average molecular weight is 361 g/mol. The third-order valence-electron chi connectivity index (χ3n) is 3.49. The van der Waals surface area contributed by atoms with Crippen LogP contribution in [0.1, 0.15) is 15.9 Å². The van der Waals surface area contributed by atoms with Gasteiger partial charge in [0.1, 0.15) is 11.6 Å². The Morgan fingerprint density at radius 2 is 1.81 bits per heavy atom. The molecule has 1 heterocycles. The second-order valence-corrected chi connectivity index (χ2v) is 5.41. The number of halogens is 3. The molecule has 0 aliphatic carbocycles. The summed E-state index contributed by atoms with van der Waals surface area (Å²) in [6, 6.07) is 11.4. The highest BCUT2D eigenvalue weighted by Crippen LogP contribution is 2.16. The molecule has 8 heteroatoms. The molecule has 1 N–H and O–H groups in total. The zero-order valence-electron chi connectivity index (χ0n) is 13.4. The summed E-state index contributed by atoms with van der Waals surface area (Å²) >= 11 is 0. The Hall–Kier alpha value is -3.29. The topological polar surface area (TPSA) is 56.2 Å². The van der Waals surface area contributed by atoms with E-state index in [0.717, 1.165) is 5.56 Å². The number of hydrogen-bond acceptors (Lipinski definition) is 3. The molecular weight excluding hydrogens is 347 g/mol. The summed E-state index contributed by atoms with van der Waals surface area (Å²) in [5.41, 5.74) is 1.63. The number of carbonyl (C=O) groups excluding carboxylic acids is 1. The van der Waals surface area contributed by atoms with Gasteiger partial charge in [-0.15, -0.1) is 0 Å². The summed E-state index contributed by atoms with van der Waals surface area (Å²) in [7, 11) is 0.